The second-order valence-corrected chi connectivity index (χ2v) is 5.41. The lowest BCUT2D eigenvalue weighted by atomic mass is 10.0. The normalized spacial score (nSPS) is 25.5. The van der Waals surface area contributed by atoms with E-state index in [0.717, 1.165) is 24.7 Å². The summed E-state index contributed by atoms with van der Waals surface area (Å²) < 4.78 is 0. The smallest absolute Gasteiger partial charge is 0.129 e. The molecular weight excluding hydrogens is 210 g/mol. The van der Waals surface area contributed by atoms with Gasteiger partial charge in [-0.25, -0.2) is 9.97 Å². The fourth-order valence-electron chi connectivity index (χ4n) is 3.09. The van der Waals surface area contributed by atoms with Gasteiger partial charge in [-0.15, -0.1) is 0 Å². The van der Waals surface area contributed by atoms with Crippen LogP contribution in [-0.4, -0.2) is 22.6 Å². The Morgan fingerprint density at radius 3 is 2.47 bits per heavy atom. The van der Waals surface area contributed by atoms with Crippen LogP contribution in [-0.2, 0) is 6.42 Å². The van der Waals surface area contributed by atoms with Gasteiger partial charge in [-0.2, -0.15) is 0 Å². The fourth-order valence-corrected chi connectivity index (χ4v) is 3.09. The molecule has 3 heteroatoms. The lowest BCUT2D eigenvalue weighted by Gasteiger charge is -2.11. The zero-order valence-corrected chi connectivity index (χ0v) is 10.4. The van der Waals surface area contributed by atoms with E-state index in [1.54, 1.807) is 0 Å². The summed E-state index contributed by atoms with van der Waals surface area (Å²) in [7, 11) is 0. The molecule has 92 valence electrons. The molecule has 0 radical (unpaired) electrons. The Morgan fingerprint density at radius 2 is 1.82 bits per heavy atom. The van der Waals surface area contributed by atoms with Crippen LogP contribution in [0.3, 0.4) is 0 Å². The van der Waals surface area contributed by atoms with Crippen molar-refractivity contribution in [2.45, 2.75) is 56.9 Å². The van der Waals surface area contributed by atoms with E-state index < -0.39 is 0 Å². The molecule has 1 saturated carbocycles. The molecule has 1 unspecified atom stereocenters. The minimum absolute atomic E-state index is 0.604. The van der Waals surface area contributed by atoms with Gasteiger partial charge >= 0.3 is 0 Å². The zero-order chi connectivity index (χ0) is 11.5. The number of nitrogens with zero attached hydrogens (tertiary/aromatic N) is 2. The van der Waals surface area contributed by atoms with E-state index in [1.165, 1.54) is 44.1 Å². The molecule has 0 amide bonds. The minimum Gasteiger partial charge on any atom is -0.314 e. The Balaban J connectivity index is 1.62. The van der Waals surface area contributed by atoms with Crippen molar-refractivity contribution >= 4 is 0 Å². The highest BCUT2D eigenvalue weighted by atomic mass is 15.0. The van der Waals surface area contributed by atoms with Crippen LogP contribution in [0.1, 0.15) is 55.8 Å². The number of aromatic nitrogens is 2. The van der Waals surface area contributed by atoms with Gasteiger partial charge in [-0.05, 0) is 43.7 Å². The third-order valence-corrected chi connectivity index (χ3v) is 4.14. The van der Waals surface area contributed by atoms with E-state index in [2.05, 4.69) is 27.7 Å². The van der Waals surface area contributed by atoms with Gasteiger partial charge in [0.2, 0.25) is 0 Å². The summed E-state index contributed by atoms with van der Waals surface area (Å²) in [5, 5.41) is 3.49. The molecule has 1 saturated heterocycles. The molecule has 1 aromatic heterocycles. The van der Waals surface area contributed by atoms with E-state index in [-0.39, 0.29) is 0 Å². The first kappa shape index (κ1) is 11.1. The summed E-state index contributed by atoms with van der Waals surface area (Å²) in [5.41, 5.74) is 1.35. The van der Waals surface area contributed by atoms with Crippen LogP contribution in [0.25, 0.3) is 0 Å². The Labute approximate surface area is 103 Å². The molecule has 3 rings (SSSR count). The SMILES string of the molecule is c1nc(CC2CCCN2)ncc1C1CCCC1. The van der Waals surface area contributed by atoms with E-state index in [9.17, 15) is 0 Å². The number of nitrogens with one attached hydrogen (secondary N) is 1. The van der Waals surface area contributed by atoms with Crippen molar-refractivity contribution in [1.29, 1.82) is 0 Å². The van der Waals surface area contributed by atoms with Gasteiger partial charge < -0.3 is 5.32 Å². The second kappa shape index (κ2) is 5.13. The molecule has 1 N–H and O–H groups in total. The second-order valence-electron chi connectivity index (χ2n) is 5.41. The molecule has 2 fully saturated rings. The van der Waals surface area contributed by atoms with Crippen LogP contribution in [0, 0.1) is 0 Å². The zero-order valence-electron chi connectivity index (χ0n) is 10.4. The van der Waals surface area contributed by atoms with Gasteiger partial charge in [0.1, 0.15) is 5.82 Å². The maximum atomic E-state index is 4.54. The molecule has 0 aromatic carbocycles. The van der Waals surface area contributed by atoms with E-state index >= 15 is 0 Å². The fraction of sp³-hybridized carbons (Fsp3) is 0.714. The van der Waals surface area contributed by atoms with Crippen LogP contribution in [0.4, 0.5) is 0 Å². The van der Waals surface area contributed by atoms with Crippen molar-refractivity contribution in [1.82, 2.24) is 15.3 Å². The highest BCUT2D eigenvalue weighted by Gasteiger charge is 2.19. The van der Waals surface area contributed by atoms with Gasteiger partial charge in [-0.3, -0.25) is 0 Å². The predicted molar refractivity (Wildman–Crippen MR) is 68.0 cm³/mol. The maximum absolute atomic E-state index is 4.54. The average Bonchev–Trinajstić information content (AvgIpc) is 3.01. The molecule has 3 nitrogen and oxygen atoms in total. The summed E-state index contributed by atoms with van der Waals surface area (Å²) in [5.74, 6) is 1.74. The van der Waals surface area contributed by atoms with Crippen molar-refractivity contribution in [2.75, 3.05) is 6.54 Å². The lowest BCUT2D eigenvalue weighted by Crippen LogP contribution is -2.24. The number of hydrogen-bond donors (Lipinski definition) is 1. The topological polar surface area (TPSA) is 37.8 Å². The van der Waals surface area contributed by atoms with Crippen LogP contribution in [0.2, 0.25) is 0 Å². The van der Waals surface area contributed by atoms with Gasteiger partial charge in [0.15, 0.2) is 0 Å². The number of hydrogen-bond acceptors (Lipinski definition) is 3. The molecule has 1 atom stereocenters. The van der Waals surface area contributed by atoms with Crippen LogP contribution >= 0.6 is 0 Å². The van der Waals surface area contributed by atoms with Crippen molar-refractivity contribution in [2.24, 2.45) is 0 Å². The third kappa shape index (κ3) is 2.65. The van der Waals surface area contributed by atoms with Crippen LogP contribution < -0.4 is 5.32 Å². The summed E-state index contributed by atoms with van der Waals surface area (Å²) in [6, 6.07) is 0.604. The monoisotopic (exact) mass is 231 g/mol. The molecule has 0 bridgehead atoms. The van der Waals surface area contributed by atoms with Gasteiger partial charge in [-0.1, -0.05) is 12.8 Å². The first-order valence-electron chi connectivity index (χ1n) is 6.96. The quantitative estimate of drug-likeness (QED) is 0.868. The highest BCUT2D eigenvalue weighted by molar-refractivity contribution is 5.13. The van der Waals surface area contributed by atoms with Crippen molar-refractivity contribution in [3.05, 3.63) is 23.8 Å². The van der Waals surface area contributed by atoms with Crippen LogP contribution in [0.5, 0.6) is 0 Å². The Hall–Kier alpha value is -0.960. The first-order chi connectivity index (χ1) is 8.42. The highest BCUT2D eigenvalue weighted by Crippen LogP contribution is 2.33. The van der Waals surface area contributed by atoms with Crippen molar-refractivity contribution in [3.8, 4) is 0 Å². The van der Waals surface area contributed by atoms with Gasteiger partial charge in [0, 0.05) is 24.9 Å². The maximum Gasteiger partial charge on any atom is 0.129 e. The standard InChI is InChI=1S/C14H21N3/c1-2-5-11(4-1)12-9-16-14(17-10-12)8-13-6-3-7-15-13/h9-11,13,15H,1-8H2. The molecule has 1 aliphatic carbocycles. The molecule has 1 aliphatic heterocycles. The van der Waals surface area contributed by atoms with Crippen molar-refractivity contribution in [3.63, 3.8) is 0 Å². The number of rotatable bonds is 3. The van der Waals surface area contributed by atoms with Gasteiger partial charge in [0.05, 0.1) is 0 Å². The predicted octanol–water partition coefficient (Wildman–Crippen LogP) is 2.43. The largest absolute Gasteiger partial charge is 0.314 e. The Morgan fingerprint density at radius 1 is 1.06 bits per heavy atom. The average molecular weight is 231 g/mol. The van der Waals surface area contributed by atoms with Crippen molar-refractivity contribution < 1.29 is 0 Å². The molecular formula is C14H21N3. The van der Waals surface area contributed by atoms with E-state index in [4.69, 9.17) is 0 Å². The Kier molecular flexibility index (Phi) is 3.36. The molecule has 2 aliphatic rings. The van der Waals surface area contributed by atoms with E-state index in [0.29, 0.717) is 6.04 Å². The molecule has 17 heavy (non-hydrogen) atoms. The summed E-state index contributed by atoms with van der Waals surface area (Å²) in [6.45, 7) is 1.16. The first-order valence-corrected chi connectivity index (χ1v) is 6.96. The molecule has 0 spiro atoms. The van der Waals surface area contributed by atoms with E-state index in [1.807, 2.05) is 0 Å². The lowest BCUT2D eigenvalue weighted by molar-refractivity contribution is 0.583. The Bertz CT molecular complexity index is 348. The van der Waals surface area contributed by atoms with Gasteiger partial charge in [0.25, 0.3) is 0 Å². The van der Waals surface area contributed by atoms with Crippen LogP contribution in [0.15, 0.2) is 12.4 Å². The summed E-state index contributed by atoms with van der Waals surface area (Å²) >= 11 is 0. The summed E-state index contributed by atoms with van der Waals surface area (Å²) in [4.78, 5) is 9.07. The third-order valence-electron chi connectivity index (χ3n) is 4.14. The summed E-state index contributed by atoms with van der Waals surface area (Å²) in [6.07, 6.45) is 13.1. The molecule has 1 aromatic rings. The molecule has 2 heterocycles. The minimum atomic E-state index is 0.604.